The molecule has 0 saturated carbocycles. The summed E-state index contributed by atoms with van der Waals surface area (Å²) < 4.78 is 5.43. The van der Waals surface area contributed by atoms with Crippen molar-refractivity contribution in [3.8, 4) is 0 Å². The van der Waals surface area contributed by atoms with Crippen LogP contribution in [0.2, 0.25) is 0 Å². The zero-order valence-corrected chi connectivity index (χ0v) is 13.8. The molecular formula is C18H20N2O4. The minimum atomic E-state index is -0.923. The minimum absolute atomic E-state index is 0.0993. The lowest BCUT2D eigenvalue weighted by molar-refractivity contribution is -0.141. The molecule has 1 amide bonds. The Kier molecular flexibility index (Phi) is 4.49. The average Bonchev–Trinajstić information content (AvgIpc) is 2.53. The van der Waals surface area contributed by atoms with Crippen LogP contribution in [0.3, 0.4) is 0 Å². The summed E-state index contributed by atoms with van der Waals surface area (Å²) in [4.78, 5) is 29.9. The fourth-order valence-corrected chi connectivity index (χ4v) is 3.00. The lowest BCUT2D eigenvalue weighted by atomic mass is 10.1. The average molecular weight is 328 g/mol. The number of hydrogen-bond acceptors (Lipinski definition) is 4. The third-order valence-electron chi connectivity index (χ3n) is 4.22. The molecule has 0 bridgehead atoms. The molecule has 2 aromatic rings. The molecule has 6 nitrogen and oxygen atoms in total. The molecule has 1 aliphatic heterocycles. The largest absolute Gasteiger partial charge is 0.481 e. The molecule has 0 aliphatic carbocycles. The van der Waals surface area contributed by atoms with Gasteiger partial charge in [0.05, 0.1) is 35.9 Å². The summed E-state index contributed by atoms with van der Waals surface area (Å²) in [5.74, 6) is -1.05. The fraction of sp³-hybridized carbons (Fsp3) is 0.389. The first kappa shape index (κ1) is 16.4. The number of carbonyl (C=O) groups is 2. The van der Waals surface area contributed by atoms with Crippen LogP contribution in [0.25, 0.3) is 10.9 Å². The number of aryl methyl sites for hydroxylation is 2. The highest BCUT2D eigenvalue weighted by Crippen LogP contribution is 2.20. The molecule has 24 heavy (non-hydrogen) atoms. The molecule has 1 fully saturated rings. The molecule has 1 atom stereocenters. The maximum atomic E-state index is 12.9. The molecule has 0 unspecified atom stereocenters. The van der Waals surface area contributed by atoms with Crippen molar-refractivity contribution in [2.24, 2.45) is 0 Å². The van der Waals surface area contributed by atoms with Crippen molar-refractivity contribution in [3.05, 3.63) is 41.1 Å². The van der Waals surface area contributed by atoms with E-state index in [0.717, 1.165) is 16.5 Å². The van der Waals surface area contributed by atoms with E-state index in [4.69, 9.17) is 9.84 Å². The molecule has 1 aliphatic rings. The summed E-state index contributed by atoms with van der Waals surface area (Å²) in [5, 5.41) is 9.83. The van der Waals surface area contributed by atoms with E-state index in [0.29, 0.717) is 24.4 Å². The Hall–Kier alpha value is -2.47. The van der Waals surface area contributed by atoms with E-state index in [-0.39, 0.29) is 18.9 Å². The quantitative estimate of drug-likeness (QED) is 0.934. The summed E-state index contributed by atoms with van der Waals surface area (Å²) in [7, 11) is 0. The molecule has 1 aromatic heterocycles. The lowest BCUT2D eigenvalue weighted by Crippen LogP contribution is -2.46. The number of pyridine rings is 1. The third kappa shape index (κ3) is 3.38. The van der Waals surface area contributed by atoms with E-state index in [1.54, 1.807) is 4.90 Å². The number of amides is 1. The topological polar surface area (TPSA) is 79.7 Å². The van der Waals surface area contributed by atoms with Gasteiger partial charge in [0.25, 0.3) is 5.91 Å². The number of aromatic nitrogens is 1. The Balaban J connectivity index is 1.87. The molecular weight excluding hydrogens is 308 g/mol. The summed E-state index contributed by atoms with van der Waals surface area (Å²) in [6.07, 6.45) is -0.561. The van der Waals surface area contributed by atoms with E-state index in [1.165, 1.54) is 0 Å². The number of benzene rings is 1. The van der Waals surface area contributed by atoms with E-state index >= 15 is 0 Å². The van der Waals surface area contributed by atoms with Gasteiger partial charge in [-0.15, -0.1) is 0 Å². The van der Waals surface area contributed by atoms with Crippen molar-refractivity contribution in [1.82, 2.24) is 9.88 Å². The van der Waals surface area contributed by atoms with E-state index in [1.807, 2.05) is 38.1 Å². The highest BCUT2D eigenvalue weighted by atomic mass is 16.5. The van der Waals surface area contributed by atoms with Crippen LogP contribution in [0.15, 0.2) is 24.3 Å². The molecule has 0 spiro atoms. The van der Waals surface area contributed by atoms with Crippen molar-refractivity contribution >= 4 is 22.8 Å². The van der Waals surface area contributed by atoms with E-state index < -0.39 is 12.1 Å². The van der Waals surface area contributed by atoms with Crippen LogP contribution in [-0.4, -0.2) is 52.7 Å². The Morgan fingerprint density at radius 3 is 2.88 bits per heavy atom. The van der Waals surface area contributed by atoms with Crippen molar-refractivity contribution in [3.63, 3.8) is 0 Å². The Morgan fingerprint density at radius 1 is 1.33 bits per heavy atom. The number of aliphatic carboxylic acids is 1. The van der Waals surface area contributed by atoms with Gasteiger partial charge in [0.15, 0.2) is 0 Å². The van der Waals surface area contributed by atoms with Gasteiger partial charge in [-0.3, -0.25) is 14.6 Å². The van der Waals surface area contributed by atoms with Crippen molar-refractivity contribution in [2.75, 3.05) is 19.7 Å². The van der Waals surface area contributed by atoms with Gasteiger partial charge in [0, 0.05) is 18.5 Å². The Morgan fingerprint density at radius 2 is 2.12 bits per heavy atom. The highest BCUT2D eigenvalue weighted by molar-refractivity contribution is 5.98. The SMILES string of the molecule is Cc1ccc2nc(C)c(C(=O)N3CCO[C@H](CC(=O)O)C3)cc2c1. The van der Waals surface area contributed by atoms with E-state index in [9.17, 15) is 9.59 Å². The first-order valence-corrected chi connectivity index (χ1v) is 7.94. The number of carboxylic acids is 1. The van der Waals surface area contributed by atoms with Gasteiger partial charge < -0.3 is 14.7 Å². The second kappa shape index (κ2) is 6.57. The number of rotatable bonds is 3. The predicted octanol–water partition coefficient (Wildman–Crippen LogP) is 2.17. The van der Waals surface area contributed by atoms with Crippen LogP contribution in [0.1, 0.15) is 28.0 Å². The van der Waals surface area contributed by atoms with Crippen molar-refractivity contribution < 1.29 is 19.4 Å². The number of nitrogens with zero attached hydrogens (tertiary/aromatic N) is 2. The lowest BCUT2D eigenvalue weighted by Gasteiger charge is -2.32. The number of carboxylic acid groups (broad SMARTS) is 1. The number of ether oxygens (including phenoxy) is 1. The number of morpholine rings is 1. The second-order valence-electron chi connectivity index (χ2n) is 6.16. The maximum absolute atomic E-state index is 12.9. The molecule has 2 heterocycles. The van der Waals surface area contributed by atoms with Gasteiger partial charge in [-0.2, -0.15) is 0 Å². The molecule has 0 radical (unpaired) electrons. The molecule has 1 saturated heterocycles. The van der Waals surface area contributed by atoms with Crippen LogP contribution in [0.4, 0.5) is 0 Å². The monoisotopic (exact) mass is 328 g/mol. The second-order valence-corrected chi connectivity index (χ2v) is 6.16. The van der Waals surface area contributed by atoms with Crippen LogP contribution >= 0.6 is 0 Å². The first-order valence-electron chi connectivity index (χ1n) is 7.94. The van der Waals surface area contributed by atoms with Crippen LogP contribution in [0.5, 0.6) is 0 Å². The van der Waals surface area contributed by atoms with Crippen LogP contribution < -0.4 is 0 Å². The highest BCUT2D eigenvalue weighted by Gasteiger charge is 2.27. The number of hydrogen-bond donors (Lipinski definition) is 1. The normalized spacial score (nSPS) is 17.9. The molecule has 6 heteroatoms. The molecule has 1 N–H and O–H groups in total. The van der Waals surface area contributed by atoms with Gasteiger partial charge >= 0.3 is 5.97 Å². The first-order chi connectivity index (χ1) is 11.4. The van der Waals surface area contributed by atoms with E-state index in [2.05, 4.69) is 4.98 Å². The van der Waals surface area contributed by atoms with Crippen LogP contribution in [-0.2, 0) is 9.53 Å². The minimum Gasteiger partial charge on any atom is -0.481 e. The predicted molar refractivity (Wildman–Crippen MR) is 89.1 cm³/mol. The zero-order chi connectivity index (χ0) is 17.3. The van der Waals surface area contributed by atoms with Gasteiger partial charge in [-0.05, 0) is 32.0 Å². The third-order valence-corrected chi connectivity index (χ3v) is 4.22. The summed E-state index contributed by atoms with van der Waals surface area (Å²) in [5.41, 5.74) is 3.21. The molecule has 1 aromatic carbocycles. The zero-order valence-electron chi connectivity index (χ0n) is 13.8. The van der Waals surface area contributed by atoms with Crippen molar-refractivity contribution in [1.29, 1.82) is 0 Å². The summed E-state index contributed by atoms with van der Waals surface area (Å²) in [6, 6.07) is 7.82. The summed E-state index contributed by atoms with van der Waals surface area (Å²) in [6.45, 7) is 4.92. The summed E-state index contributed by atoms with van der Waals surface area (Å²) >= 11 is 0. The van der Waals surface area contributed by atoms with Gasteiger partial charge in [0.1, 0.15) is 0 Å². The number of fused-ring (bicyclic) bond motifs is 1. The fourth-order valence-electron chi connectivity index (χ4n) is 3.00. The number of carbonyl (C=O) groups excluding carboxylic acids is 1. The van der Waals surface area contributed by atoms with Gasteiger partial charge in [0.2, 0.25) is 0 Å². The standard InChI is InChI=1S/C18H20N2O4/c1-11-3-4-16-13(7-11)8-15(12(2)19-16)18(23)20-5-6-24-14(10-20)9-17(21)22/h3-4,7-8,14H,5-6,9-10H2,1-2H3,(H,21,22)/t14-/m1/s1. The Labute approximate surface area is 140 Å². The molecule has 3 rings (SSSR count). The van der Waals surface area contributed by atoms with Gasteiger partial charge in [-0.25, -0.2) is 0 Å². The smallest absolute Gasteiger partial charge is 0.306 e. The van der Waals surface area contributed by atoms with Crippen molar-refractivity contribution in [2.45, 2.75) is 26.4 Å². The molecule has 126 valence electrons. The Bertz CT molecular complexity index is 803. The van der Waals surface area contributed by atoms with Crippen LogP contribution in [0, 0.1) is 13.8 Å². The maximum Gasteiger partial charge on any atom is 0.306 e. The van der Waals surface area contributed by atoms with Gasteiger partial charge in [-0.1, -0.05) is 11.6 Å².